The summed E-state index contributed by atoms with van der Waals surface area (Å²) in [5, 5.41) is 11.0. The van der Waals surface area contributed by atoms with Crippen molar-refractivity contribution < 1.29 is 4.79 Å². The first kappa shape index (κ1) is 13.0. The van der Waals surface area contributed by atoms with E-state index >= 15 is 0 Å². The number of aromatic nitrogens is 3. The molecule has 98 valence electrons. The Labute approximate surface area is 110 Å². The van der Waals surface area contributed by atoms with Gasteiger partial charge in [-0.1, -0.05) is 25.2 Å². The molecule has 0 spiro atoms. The fourth-order valence-corrected chi connectivity index (χ4v) is 2.86. The highest BCUT2D eigenvalue weighted by Crippen LogP contribution is 2.22. The number of amides is 1. The standard InChI is InChI=1S/C12H18N4OS/c1-7(2)5-6-13-11(17)10-8(3)16-9(4)14-15-12(16)18-10/h7H,5-6H2,1-4H3,(H,13,17). The molecule has 2 aromatic rings. The Bertz CT molecular complexity index is 570. The molecule has 5 nitrogen and oxygen atoms in total. The van der Waals surface area contributed by atoms with Crippen LogP contribution in [0.4, 0.5) is 0 Å². The van der Waals surface area contributed by atoms with E-state index in [4.69, 9.17) is 0 Å². The van der Waals surface area contributed by atoms with Crippen LogP contribution in [0.5, 0.6) is 0 Å². The third kappa shape index (κ3) is 2.38. The Morgan fingerprint density at radius 1 is 1.39 bits per heavy atom. The first-order chi connectivity index (χ1) is 8.50. The van der Waals surface area contributed by atoms with E-state index < -0.39 is 0 Å². The van der Waals surface area contributed by atoms with E-state index in [1.807, 2.05) is 18.2 Å². The highest BCUT2D eigenvalue weighted by atomic mass is 32.1. The maximum absolute atomic E-state index is 12.1. The number of rotatable bonds is 4. The molecule has 1 amide bonds. The fourth-order valence-electron chi connectivity index (χ4n) is 1.83. The van der Waals surface area contributed by atoms with Crippen molar-refractivity contribution in [1.29, 1.82) is 0 Å². The van der Waals surface area contributed by atoms with Crippen LogP contribution in [-0.4, -0.2) is 27.0 Å². The van der Waals surface area contributed by atoms with Gasteiger partial charge in [0, 0.05) is 12.2 Å². The molecule has 0 aliphatic carbocycles. The molecule has 0 saturated heterocycles. The Morgan fingerprint density at radius 3 is 2.72 bits per heavy atom. The van der Waals surface area contributed by atoms with Crippen molar-refractivity contribution >= 4 is 22.2 Å². The molecule has 0 radical (unpaired) electrons. The Morgan fingerprint density at radius 2 is 2.11 bits per heavy atom. The average molecular weight is 266 g/mol. The lowest BCUT2D eigenvalue weighted by molar-refractivity contribution is 0.0955. The average Bonchev–Trinajstić information content (AvgIpc) is 2.80. The van der Waals surface area contributed by atoms with Crippen LogP contribution in [0.1, 0.15) is 41.5 Å². The minimum Gasteiger partial charge on any atom is -0.351 e. The Hall–Kier alpha value is -1.43. The molecule has 0 saturated carbocycles. The molecule has 0 aromatic carbocycles. The van der Waals surface area contributed by atoms with Crippen LogP contribution < -0.4 is 5.32 Å². The lowest BCUT2D eigenvalue weighted by Gasteiger charge is -2.06. The van der Waals surface area contributed by atoms with Gasteiger partial charge < -0.3 is 5.32 Å². The molecule has 0 fully saturated rings. The first-order valence-electron chi connectivity index (χ1n) is 6.10. The maximum Gasteiger partial charge on any atom is 0.263 e. The van der Waals surface area contributed by atoms with Crippen molar-refractivity contribution in [3.8, 4) is 0 Å². The van der Waals surface area contributed by atoms with Crippen LogP contribution in [0, 0.1) is 19.8 Å². The van der Waals surface area contributed by atoms with Gasteiger partial charge in [-0.2, -0.15) is 0 Å². The quantitative estimate of drug-likeness (QED) is 0.922. The number of aryl methyl sites for hydroxylation is 2. The van der Waals surface area contributed by atoms with Crippen LogP contribution in [0.2, 0.25) is 0 Å². The molecule has 0 unspecified atom stereocenters. The van der Waals surface area contributed by atoms with Gasteiger partial charge in [-0.3, -0.25) is 9.20 Å². The van der Waals surface area contributed by atoms with Gasteiger partial charge >= 0.3 is 0 Å². The number of hydrogen-bond acceptors (Lipinski definition) is 4. The van der Waals surface area contributed by atoms with Gasteiger partial charge in [0.25, 0.3) is 5.91 Å². The summed E-state index contributed by atoms with van der Waals surface area (Å²) in [5.74, 6) is 1.40. The maximum atomic E-state index is 12.1. The summed E-state index contributed by atoms with van der Waals surface area (Å²) in [6.07, 6.45) is 0.994. The second-order valence-corrected chi connectivity index (χ2v) is 5.80. The predicted molar refractivity (Wildman–Crippen MR) is 72.1 cm³/mol. The van der Waals surface area contributed by atoms with E-state index in [2.05, 4.69) is 29.4 Å². The number of nitrogens with zero attached hydrogens (tertiary/aromatic N) is 3. The molecule has 2 rings (SSSR count). The Balaban J connectivity index is 2.15. The number of nitrogens with one attached hydrogen (secondary N) is 1. The predicted octanol–water partition coefficient (Wildman–Crippen LogP) is 2.18. The van der Waals surface area contributed by atoms with Gasteiger partial charge in [-0.25, -0.2) is 0 Å². The second-order valence-electron chi connectivity index (χ2n) is 4.82. The van der Waals surface area contributed by atoms with E-state index in [0.717, 1.165) is 27.8 Å². The van der Waals surface area contributed by atoms with E-state index in [1.165, 1.54) is 11.3 Å². The van der Waals surface area contributed by atoms with Crippen molar-refractivity contribution in [3.05, 3.63) is 16.4 Å². The smallest absolute Gasteiger partial charge is 0.263 e. The molecule has 0 aliphatic heterocycles. The van der Waals surface area contributed by atoms with Crippen molar-refractivity contribution in [2.24, 2.45) is 5.92 Å². The normalized spacial score (nSPS) is 11.4. The third-order valence-corrected chi connectivity index (χ3v) is 4.00. The zero-order valence-corrected chi connectivity index (χ0v) is 12.0. The van der Waals surface area contributed by atoms with Gasteiger partial charge in [0.05, 0.1) is 0 Å². The van der Waals surface area contributed by atoms with Gasteiger partial charge in [-0.15, -0.1) is 10.2 Å². The van der Waals surface area contributed by atoms with Crippen molar-refractivity contribution in [1.82, 2.24) is 19.9 Å². The van der Waals surface area contributed by atoms with Crippen LogP contribution in [-0.2, 0) is 0 Å². The lowest BCUT2D eigenvalue weighted by Crippen LogP contribution is -2.25. The van der Waals surface area contributed by atoms with Crippen molar-refractivity contribution in [2.75, 3.05) is 6.54 Å². The summed E-state index contributed by atoms with van der Waals surface area (Å²) in [5.41, 5.74) is 0.916. The molecular weight excluding hydrogens is 248 g/mol. The summed E-state index contributed by atoms with van der Waals surface area (Å²) in [7, 11) is 0. The summed E-state index contributed by atoms with van der Waals surface area (Å²) >= 11 is 1.39. The zero-order chi connectivity index (χ0) is 13.3. The highest BCUT2D eigenvalue weighted by Gasteiger charge is 2.17. The minimum atomic E-state index is -0.0111. The van der Waals surface area contributed by atoms with Gasteiger partial charge in [0.1, 0.15) is 10.7 Å². The van der Waals surface area contributed by atoms with Crippen LogP contribution >= 0.6 is 11.3 Å². The van der Waals surface area contributed by atoms with Crippen LogP contribution in [0.3, 0.4) is 0 Å². The Kier molecular flexibility index (Phi) is 3.65. The molecule has 18 heavy (non-hydrogen) atoms. The molecule has 1 N–H and O–H groups in total. The molecule has 2 heterocycles. The molecule has 0 bridgehead atoms. The number of fused-ring (bicyclic) bond motifs is 1. The van der Waals surface area contributed by atoms with Crippen LogP contribution in [0.15, 0.2) is 0 Å². The van der Waals surface area contributed by atoms with Gasteiger partial charge in [0.15, 0.2) is 0 Å². The monoisotopic (exact) mass is 266 g/mol. The largest absolute Gasteiger partial charge is 0.351 e. The lowest BCUT2D eigenvalue weighted by atomic mass is 10.1. The molecular formula is C12H18N4OS. The summed E-state index contributed by atoms with van der Waals surface area (Å²) in [6, 6.07) is 0. The zero-order valence-electron chi connectivity index (χ0n) is 11.1. The van der Waals surface area contributed by atoms with E-state index in [9.17, 15) is 4.79 Å². The molecule has 6 heteroatoms. The summed E-state index contributed by atoms with van der Waals surface area (Å²) in [6.45, 7) is 8.82. The van der Waals surface area contributed by atoms with Gasteiger partial charge in [-0.05, 0) is 26.2 Å². The second kappa shape index (κ2) is 5.06. The molecule has 0 atom stereocenters. The van der Waals surface area contributed by atoms with Crippen molar-refractivity contribution in [3.63, 3.8) is 0 Å². The third-order valence-electron chi connectivity index (χ3n) is 2.87. The van der Waals surface area contributed by atoms with Crippen molar-refractivity contribution in [2.45, 2.75) is 34.1 Å². The highest BCUT2D eigenvalue weighted by molar-refractivity contribution is 7.19. The van der Waals surface area contributed by atoms with E-state index in [-0.39, 0.29) is 5.91 Å². The number of carbonyl (C=O) groups is 1. The minimum absolute atomic E-state index is 0.0111. The van der Waals surface area contributed by atoms with E-state index in [1.54, 1.807) is 0 Å². The SMILES string of the molecule is Cc1nnc2sc(C(=O)NCCC(C)C)c(C)n12. The summed E-state index contributed by atoms with van der Waals surface area (Å²) in [4.78, 5) is 13.6. The topological polar surface area (TPSA) is 59.3 Å². The number of hydrogen-bond donors (Lipinski definition) is 1. The van der Waals surface area contributed by atoms with Gasteiger partial charge in [0.2, 0.25) is 4.96 Å². The number of carbonyl (C=O) groups excluding carboxylic acids is 1. The van der Waals surface area contributed by atoms with E-state index in [0.29, 0.717) is 12.5 Å². The fraction of sp³-hybridized carbons (Fsp3) is 0.583. The summed E-state index contributed by atoms with van der Waals surface area (Å²) < 4.78 is 1.92. The number of thiazole rings is 1. The molecule has 0 aliphatic rings. The van der Waals surface area contributed by atoms with Crippen LogP contribution in [0.25, 0.3) is 4.96 Å². The first-order valence-corrected chi connectivity index (χ1v) is 6.91. The molecule has 2 aromatic heterocycles.